The van der Waals surface area contributed by atoms with E-state index in [0.717, 1.165) is 12.8 Å². The molecular formula is C16H31NO3. The van der Waals surface area contributed by atoms with Crippen LogP contribution in [-0.4, -0.2) is 23.0 Å². The van der Waals surface area contributed by atoms with Gasteiger partial charge < -0.3 is 10.4 Å². The zero-order valence-corrected chi connectivity index (χ0v) is 13.8. The molecule has 0 aliphatic rings. The Morgan fingerprint density at radius 1 is 1.10 bits per heavy atom. The average molecular weight is 285 g/mol. The van der Waals surface area contributed by atoms with Gasteiger partial charge in [0, 0.05) is 12.5 Å². The molecule has 3 atom stereocenters. The normalized spacial score (nSPS) is 16.3. The van der Waals surface area contributed by atoms with E-state index < -0.39 is 5.97 Å². The highest BCUT2D eigenvalue weighted by atomic mass is 16.4. The van der Waals surface area contributed by atoms with Gasteiger partial charge in [0.05, 0.1) is 5.92 Å². The molecule has 0 aromatic rings. The van der Waals surface area contributed by atoms with Crippen molar-refractivity contribution >= 4 is 11.9 Å². The molecule has 0 spiro atoms. The maximum absolute atomic E-state index is 11.9. The van der Waals surface area contributed by atoms with Crippen LogP contribution in [0.25, 0.3) is 0 Å². The Kier molecular flexibility index (Phi) is 7.84. The van der Waals surface area contributed by atoms with Gasteiger partial charge in [-0.25, -0.2) is 0 Å². The van der Waals surface area contributed by atoms with Crippen molar-refractivity contribution in [1.29, 1.82) is 0 Å². The number of amides is 1. The van der Waals surface area contributed by atoms with Crippen molar-refractivity contribution < 1.29 is 14.7 Å². The number of carbonyl (C=O) groups excluding carboxylic acids is 1. The quantitative estimate of drug-likeness (QED) is 0.717. The Morgan fingerprint density at radius 3 is 2.10 bits per heavy atom. The van der Waals surface area contributed by atoms with Gasteiger partial charge >= 0.3 is 5.97 Å². The lowest BCUT2D eigenvalue weighted by atomic mass is 9.80. The van der Waals surface area contributed by atoms with Crippen LogP contribution in [0.15, 0.2) is 0 Å². The molecule has 0 bridgehead atoms. The molecule has 4 nitrogen and oxygen atoms in total. The van der Waals surface area contributed by atoms with Crippen molar-refractivity contribution in [1.82, 2.24) is 5.32 Å². The monoisotopic (exact) mass is 285 g/mol. The van der Waals surface area contributed by atoms with Crippen molar-refractivity contribution in [3.63, 3.8) is 0 Å². The third-order valence-corrected chi connectivity index (χ3v) is 4.07. The zero-order chi connectivity index (χ0) is 15.9. The lowest BCUT2D eigenvalue weighted by molar-refractivity contribution is -0.141. The first-order valence-corrected chi connectivity index (χ1v) is 7.56. The summed E-state index contributed by atoms with van der Waals surface area (Å²) in [6.45, 7) is 12.2. The van der Waals surface area contributed by atoms with E-state index in [2.05, 4.69) is 33.0 Å². The lowest BCUT2D eigenvalue weighted by Crippen LogP contribution is -2.35. The first kappa shape index (κ1) is 18.9. The van der Waals surface area contributed by atoms with Gasteiger partial charge in [0.15, 0.2) is 0 Å². The third kappa shape index (κ3) is 8.18. The number of aliphatic carboxylic acids is 1. The van der Waals surface area contributed by atoms with E-state index in [4.69, 9.17) is 5.11 Å². The average Bonchev–Trinajstić information content (AvgIpc) is 2.26. The third-order valence-electron chi connectivity index (χ3n) is 4.07. The maximum Gasteiger partial charge on any atom is 0.306 e. The summed E-state index contributed by atoms with van der Waals surface area (Å²) < 4.78 is 0. The van der Waals surface area contributed by atoms with Crippen molar-refractivity contribution in [3.8, 4) is 0 Å². The Bertz CT molecular complexity index is 320. The molecule has 0 aromatic heterocycles. The van der Waals surface area contributed by atoms with Crippen molar-refractivity contribution in [3.05, 3.63) is 0 Å². The number of hydrogen-bond donors (Lipinski definition) is 2. The summed E-state index contributed by atoms with van der Waals surface area (Å²) in [6.07, 6.45) is 2.85. The SMILES string of the molecule is CC(CCCC(C)C(=O)O)NC(=O)CC(C)C(C)(C)C. The van der Waals surface area contributed by atoms with E-state index in [1.165, 1.54) is 0 Å². The number of carboxylic acid groups (broad SMARTS) is 1. The molecule has 0 fully saturated rings. The highest BCUT2D eigenvalue weighted by molar-refractivity contribution is 5.76. The topological polar surface area (TPSA) is 66.4 Å². The van der Waals surface area contributed by atoms with E-state index >= 15 is 0 Å². The van der Waals surface area contributed by atoms with Crippen LogP contribution < -0.4 is 5.32 Å². The molecule has 0 saturated heterocycles. The maximum atomic E-state index is 11.9. The summed E-state index contributed by atoms with van der Waals surface area (Å²) in [5.41, 5.74) is 0.136. The van der Waals surface area contributed by atoms with Gasteiger partial charge in [0.1, 0.15) is 0 Å². The van der Waals surface area contributed by atoms with E-state index in [1.54, 1.807) is 6.92 Å². The summed E-state index contributed by atoms with van der Waals surface area (Å²) in [6, 6.07) is 0.107. The fourth-order valence-electron chi connectivity index (χ4n) is 1.84. The van der Waals surface area contributed by atoms with Crippen LogP contribution >= 0.6 is 0 Å². The molecule has 1 amide bonds. The van der Waals surface area contributed by atoms with Gasteiger partial charge in [-0.2, -0.15) is 0 Å². The molecule has 0 aliphatic carbocycles. The molecule has 3 unspecified atom stereocenters. The Hall–Kier alpha value is -1.06. The van der Waals surface area contributed by atoms with E-state index in [-0.39, 0.29) is 23.3 Å². The van der Waals surface area contributed by atoms with Crippen LogP contribution in [0.2, 0.25) is 0 Å². The Labute approximate surface area is 123 Å². The van der Waals surface area contributed by atoms with Gasteiger partial charge in [-0.1, -0.05) is 41.0 Å². The predicted octanol–water partition coefficient (Wildman–Crippen LogP) is 3.45. The van der Waals surface area contributed by atoms with Gasteiger partial charge in [-0.3, -0.25) is 9.59 Å². The molecule has 0 saturated carbocycles. The number of nitrogens with one attached hydrogen (secondary N) is 1. The molecule has 4 heteroatoms. The molecule has 20 heavy (non-hydrogen) atoms. The van der Waals surface area contributed by atoms with Gasteiger partial charge in [0.2, 0.25) is 5.91 Å². The first-order chi connectivity index (χ1) is 9.04. The second kappa shape index (κ2) is 8.28. The largest absolute Gasteiger partial charge is 0.481 e. The molecule has 0 rings (SSSR count). The summed E-state index contributed by atoms with van der Waals surface area (Å²) >= 11 is 0. The number of hydrogen-bond acceptors (Lipinski definition) is 2. The summed E-state index contributed by atoms with van der Waals surface area (Å²) in [7, 11) is 0. The minimum atomic E-state index is -0.749. The number of carbonyl (C=O) groups is 2. The van der Waals surface area contributed by atoms with Crippen LogP contribution in [-0.2, 0) is 9.59 Å². The number of carboxylic acids is 1. The van der Waals surface area contributed by atoms with Crippen molar-refractivity contribution in [2.24, 2.45) is 17.3 Å². The van der Waals surface area contributed by atoms with Gasteiger partial charge in [-0.15, -0.1) is 0 Å². The van der Waals surface area contributed by atoms with Crippen LogP contribution in [0.5, 0.6) is 0 Å². The summed E-state index contributed by atoms with van der Waals surface area (Å²) in [4.78, 5) is 22.6. The van der Waals surface area contributed by atoms with Crippen LogP contribution in [0.1, 0.15) is 67.2 Å². The number of rotatable bonds is 8. The second-order valence-corrected chi connectivity index (χ2v) is 7.11. The van der Waals surface area contributed by atoms with Crippen LogP contribution in [0.4, 0.5) is 0 Å². The molecule has 0 aliphatic heterocycles. The minimum absolute atomic E-state index is 0.0891. The highest BCUT2D eigenvalue weighted by Crippen LogP contribution is 2.27. The van der Waals surface area contributed by atoms with Crippen LogP contribution in [0.3, 0.4) is 0 Å². The van der Waals surface area contributed by atoms with Crippen molar-refractivity contribution in [2.75, 3.05) is 0 Å². The highest BCUT2D eigenvalue weighted by Gasteiger charge is 2.23. The molecule has 0 radical (unpaired) electrons. The van der Waals surface area contributed by atoms with Gasteiger partial charge in [0.25, 0.3) is 0 Å². The standard InChI is InChI=1S/C16H31NO3/c1-11(15(19)20)8-7-9-13(3)17-14(18)10-12(2)16(4,5)6/h11-13H,7-10H2,1-6H3,(H,17,18)(H,19,20). The fraction of sp³-hybridized carbons (Fsp3) is 0.875. The lowest BCUT2D eigenvalue weighted by Gasteiger charge is -2.27. The Balaban J connectivity index is 3.94. The summed E-state index contributed by atoms with van der Waals surface area (Å²) in [5, 5.41) is 11.8. The fourth-order valence-corrected chi connectivity index (χ4v) is 1.84. The molecule has 2 N–H and O–H groups in total. The summed E-state index contributed by atoms with van der Waals surface area (Å²) in [5.74, 6) is -0.632. The molecular weight excluding hydrogens is 254 g/mol. The minimum Gasteiger partial charge on any atom is -0.481 e. The van der Waals surface area contributed by atoms with E-state index in [9.17, 15) is 9.59 Å². The molecule has 0 aromatic carbocycles. The Morgan fingerprint density at radius 2 is 1.65 bits per heavy atom. The first-order valence-electron chi connectivity index (χ1n) is 7.56. The van der Waals surface area contributed by atoms with Gasteiger partial charge in [-0.05, 0) is 31.1 Å². The second-order valence-electron chi connectivity index (χ2n) is 7.11. The molecule has 118 valence electrons. The van der Waals surface area contributed by atoms with Crippen molar-refractivity contribution in [2.45, 2.75) is 73.3 Å². The smallest absolute Gasteiger partial charge is 0.306 e. The molecule has 0 heterocycles. The zero-order valence-electron chi connectivity index (χ0n) is 13.8. The van der Waals surface area contributed by atoms with Crippen LogP contribution in [0, 0.1) is 17.3 Å². The van der Waals surface area contributed by atoms with E-state index in [1.807, 2.05) is 6.92 Å². The van der Waals surface area contributed by atoms with E-state index in [0.29, 0.717) is 18.8 Å². The predicted molar refractivity (Wildman–Crippen MR) is 81.5 cm³/mol.